The summed E-state index contributed by atoms with van der Waals surface area (Å²) in [4.78, 5) is 16.3. The summed E-state index contributed by atoms with van der Waals surface area (Å²) in [5.74, 6) is 0.898. The maximum absolute atomic E-state index is 12.3. The number of rotatable bonds is 3. The highest BCUT2D eigenvalue weighted by molar-refractivity contribution is 6.06. The lowest BCUT2D eigenvalue weighted by atomic mass is 10.0. The highest BCUT2D eigenvalue weighted by Gasteiger charge is 2.15. The number of benzene rings is 1. The van der Waals surface area contributed by atoms with Crippen LogP contribution in [0.15, 0.2) is 36.5 Å². The number of ether oxygens (including phenoxy) is 1. The van der Waals surface area contributed by atoms with E-state index in [1.54, 1.807) is 25.4 Å². The maximum Gasteiger partial charge on any atom is 0.260 e. The first kappa shape index (κ1) is 13.1. The average molecular weight is 256 g/mol. The first-order valence-electron chi connectivity index (χ1n) is 5.99. The summed E-state index contributed by atoms with van der Waals surface area (Å²) in [6.07, 6.45) is 1.63. The molecule has 1 N–H and O–H groups in total. The van der Waals surface area contributed by atoms with E-state index in [0.717, 1.165) is 11.1 Å². The lowest BCUT2D eigenvalue weighted by Gasteiger charge is -2.12. The highest BCUT2D eigenvalue weighted by Crippen LogP contribution is 2.25. The predicted octanol–water partition coefficient (Wildman–Crippen LogP) is 2.96. The summed E-state index contributed by atoms with van der Waals surface area (Å²) < 4.78 is 5.31. The van der Waals surface area contributed by atoms with Crippen LogP contribution in [0.1, 0.15) is 21.5 Å². The van der Waals surface area contributed by atoms with Crippen LogP contribution in [-0.2, 0) is 0 Å². The Hall–Kier alpha value is -2.36. The van der Waals surface area contributed by atoms with Crippen LogP contribution >= 0.6 is 0 Å². The molecular formula is C15H16N2O2. The van der Waals surface area contributed by atoms with E-state index in [2.05, 4.69) is 10.3 Å². The lowest BCUT2D eigenvalue weighted by Crippen LogP contribution is -2.14. The first-order chi connectivity index (χ1) is 9.11. The molecule has 4 heteroatoms. The van der Waals surface area contributed by atoms with Gasteiger partial charge in [-0.3, -0.25) is 4.79 Å². The molecular weight excluding hydrogens is 240 g/mol. The molecule has 1 aromatic heterocycles. The number of carbonyl (C=O) groups excluding carboxylic acids is 1. The molecule has 2 rings (SSSR count). The standard InChI is InChI=1S/C15H16N2O2/c1-10-8-11(2)14(19-3)12(9-10)15(18)17-13-6-4-5-7-16-13/h4-9H,1-3H3,(H,16,17,18). The number of hydrogen-bond acceptors (Lipinski definition) is 3. The van der Waals surface area contributed by atoms with Gasteiger partial charge in [0.1, 0.15) is 11.6 Å². The summed E-state index contributed by atoms with van der Waals surface area (Å²) in [6.45, 7) is 3.87. The molecule has 98 valence electrons. The van der Waals surface area contributed by atoms with Crippen LogP contribution in [0.3, 0.4) is 0 Å². The number of carbonyl (C=O) groups is 1. The van der Waals surface area contributed by atoms with Gasteiger partial charge in [-0.05, 0) is 43.2 Å². The molecule has 0 saturated carbocycles. The minimum atomic E-state index is -0.220. The topological polar surface area (TPSA) is 51.2 Å². The van der Waals surface area contributed by atoms with Gasteiger partial charge in [-0.2, -0.15) is 0 Å². The van der Waals surface area contributed by atoms with Gasteiger partial charge < -0.3 is 10.1 Å². The van der Waals surface area contributed by atoms with Crippen molar-refractivity contribution in [1.82, 2.24) is 4.98 Å². The van der Waals surface area contributed by atoms with Crippen molar-refractivity contribution >= 4 is 11.7 Å². The van der Waals surface area contributed by atoms with Gasteiger partial charge >= 0.3 is 0 Å². The SMILES string of the molecule is COc1c(C)cc(C)cc1C(=O)Nc1ccccn1. The van der Waals surface area contributed by atoms with E-state index in [9.17, 15) is 4.79 Å². The van der Waals surface area contributed by atoms with Crippen molar-refractivity contribution in [1.29, 1.82) is 0 Å². The van der Waals surface area contributed by atoms with E-state index in [4.69, 9.17) is 4.74 Å². The smallest absolute Gasteiger partial charge is 0.260 e. The van der Waals surface area contributed by atoms with E-state index >= 15 is 0 Å². The highest BCUT2D eigenvalue weighted by atomic mass is 16.5. The van der Waals surface area contributed by atoms with Crippen molar-refractivity contribution < 1.29 is 9.53 Å². The molecule has 1 heterocycles. The van der Waals surface area contributed by atoms with Crippen LogP contribution in [0.4, 0.5) is 5.82 Å². The number of aromatic nitrogens is 1. The van der Waals surface area contributed by atoms with Gasteiger partial charge in [-0.25, -0.2) is 4.98 Å². The quantitative estimate of drug-likeness (QED) is 0.918. The Morgan fingerprint density at radius 1 is 1.26 bits per heavy atom. The second-order valence-electron chi connectivity index (χ2n) is 4.33. The Labute approximate surface area is 112 Å². The average Bonchev–Trinajstić information content (AvgIpc) is 2.39. The fraction of sp³-hybridized carbons (Fsp3) is 0.200. The number of nitrogens with one attached hydrogen (secondary N) is 1. The monoisotopic (exact) mass is 256 g/mol. The Bertz CT molecular complexity index is 595. The zero-order valence-corrected chi connectivity index (χ0v) is 11.2. The lowest BCUT2D eigenvalue weighted by molar-refractivity contribution is 0.102. The molecule has 4 nitrogen and oxygen atoms in total. The summed E-state index contributed by atoms with van der Waals surface area (Å²) in [7, 11) is 1.56. The Balaban J connectivity index is 2.33. The number of methoxy groups -OCH3 is 1. The zero-order chi connectivity index (χ0) is 13.8. The Morgan fingerprint density at radius 3 is 2.68 bits per heavy atom. The van der Waals surface area contributed by atoms with Crippen molar-refractivity contribution in [2.24, 2.45) is 0 Å². The summed E-state index contributed by atoms with van der Waals surface area (Å²) >= 11 is 0. The first-order valence-corrected chi connectivity index (χ1v) is 5.99. The maximum atomic E-state index is 12.3. The normalized spacial score (nSPS) is 10.1. The molecule has 1 amide bonds. The molecule has 1 aromatic carbocycles. The number of amides is 1. The predicted molar refractivity (Wildman–Crippen MR) is 74.7 cm³/mol. The van der Waals surface area contributed by atoms with Crippen LogP contribution in [0.25, 0.3) is 0 Å². The van der Waals surface area contributed by atoms with Crippen LogP contribution in [0.2, 0.25) is 0 Å². The van der Waals surface area contributed by atoms with E-state index in [0.29, 0.717) is 17.1 Å². The van der Waals surface area contributed by atoms with Gasteiger partial charge in [0.15, 0.2) is 0 Å². The van der Waals surface area contributed by atoms with Crippen LogP contribution in [-0.4, -0.2) is 18.0 Å². The summed E-state index contributed by atoms with van der Waals surface area (Å²) in [5, 5.41) is 2.76. The van der Waals surface area contributed by atoms with Gasteiger partial charge in [0, 0.05) is 6.20 Å². The Kier molecular flexibility index (Phi) is 3.80. The summed E-state index contributed by atoms with van der Waals surface area (Å²) in [6, 6.07) is 9.15. The van der Waals surface area contributed by atoms with Gasteiger partial charge in [-0.15, -0.1) is 0 Å². The second kappa shape index (κ2) is 5.52. The number of hydrogen-bond donors (Lipinski definition) is 1. The number of pyridine rings is 1. The molecule has 19 heavy (non-hydrogen) atoms. The molecule has 0 aliphatic heterocycles. The molecule has 0 saturated heterocycles. The van der Waals surface area contributed by atoms with Crippen molar-refractivity contribution in [3.8, 4) is 5.75 Å². The minimum absolute atomic E-state index is 0.220. The molecule has 0 bridgehead atoms. The van der Waals surface area contributed by atoms with E-state index in [1.807, 2.05) is 32.0 Å². The number of anilines is 1. The van der Waals surface area contributed by atoms with E-state index < -0.39 is 0 Å². The second-order valence-corrected chi connectivity index (χ2v) is 4.33. The Morgan fingerprint density at radius 2 is 2.05 bits per heavy atom. The fourth-order valence-corrected chi connectivity index (χ4v) is 2.01. The zero-order valence-electron chi connectivity index (χ0n) is 11.2. The van der Waals surface area contributed by atoms with E-state index in [-0.39, 0.29) is 5.91 Å². The van der Waals surface area contributed by atoms with E-state index in [1.165, 1.54) is 0 Å². The third-order valence-electron chi connectivity index (χ3n) is 2.77. The molecule has 2 aromatic rings. The van der Waals surface area contributed by atoms with Crippen molar-refractivity contribution in [3.63, 3.8) is 0 Å². The van der Waals surface area contributed by atoms with Crippen molar-refractivity contribution in [3.05, 3.63) is 53.2 Å². The largest absolute Gasteiger partial charge is 0.496 e. The molecule has 0 fully saturated rings. The third-order valence-corrected chi connectivity index (χ3v) is 2.77. The number of nitrogens with zero attached hydrogens (tertiary/aromatic N) is 1. The third kappa shape index (κ3) is 2.91. The van der Waals surface area contributed by atoms with Gasteiger partial charge in [0.05, 0.1) is 12.7 Å². The van der Waals surface area contributed by atoms with Gasteiger partial charge in [0.25, 0.3) is 5.91 Å². The molecule has 0 unspecified atom stereocenters. The van der Waals surface area contributed by atoms with Gasteiger partial charge in [0.2, 0.25) is 0 Å². The molecule has 0 aliphatic rings. The molecule has 0 radical (unpaired) electrons. The van der Waals surface area contributed by atoms with Crippen LogP contribution < -0.4 is 10.1 Å². The molecule has 0 atom stereocenters. The van der Waals surface area contributed by atoms with Crippen molar-refractivity contribution in [2.75, 3.05) is 12.4 Å². The minimum Gasteiger partial charge on any atom is -0.496 e. The fourth-order valence-electron chi connectivity index (χ4n) is 2.01. The van der Waals surface area contributed by atoms with Crippen LogP contribution in [0.5, 0.6) is 5.75 Å². The number of aryl methyl sites for hydroxylation is 2. The van der Waals surface area contributed by atoms with Gasteiger partial charge in [-0.1, -0.05) is 12.1 Å². The van der Waals surface area contributed by atoms with Crippen molar-refractivity contribution in [2.45, 2.75) is 13.8 Å². The molecule has 0 spiro atoms. The molecule has 0 aliphatic carbocycles. The van der Waals surface area contributed by atoms with Crippen LogP contribution in [0, 0.1) is 13.8 Å². The summed E-state index contributed by atoms with van der Waals surface area (Å²) in [5.41, 5.74) is 2.48.